The van der Waals surface area contributed by atoms with E-state index in [4.69, 9.17) is 9.05 Å². The van der Waals surface area contributed by atoms with Crippen LogP contribution in [0.4, 0.5) is 0 Å². The molecule has 0 spiro atoms. The molecule has 0 rings (SSSR count). The summed E-state index contributed by atoms with van der Waals surface area (Å²) < 4.78 is 23.1. The van der Waals surface area contributed by atoms with Gasteiger partial charge in [-0.25, -0.2) is 0 Å². The quantitative estimate of drug-likeness (QED) is 0.0275. The second kappa shape index (κ2) is 39.4. The van der Waals surface area contributed by atoms with E-state index >= 15 is 0 Å². The van der Waals surface area contributed by atoms with E-state index in [2.05, 4.69) is 31.3 Å². The largest absolute Gasteiger partial charge is 0.756 e. The first-order valence-electron chi connectivity index (χ1n) is 23.7. The van der Waals surface area contributed by atoms with Crippen LogP contribution in [0, 0.1) is 0 Å². The number of hydrogen-bond acceptors (Lipinski definition) is 6. The summed E-state index contributed by atoms with van der Waals surface area (Å²) in [6, 6.07) is -0.880. The van der Waals surface area contributed by atoms with Gasteiger partial charge in [-0.1, -0.05) is 192 Å². The zero-order chi connectivity index (χ0) is 41.4. The molecule has 0 aliphatic rings. The van der Waals surface area contributed by atoms with E-state index in [1.165, 1.54) is 161 Å². The Labute approximate surface area is 347 Å². The first-order chi connectivity index (χ1) is 27.0. The van der Waals surface area contributed by atoms with Gasteiger partial charge in [0.15, 0.2) is 0 Å². The summed E-state index contributed by atoms with van der Waals surface area (Å²) in [4.78, 5) is 25.2. The van der Waals surface area contributed by atoms with Crippen LogP contribution < -0.4 is 10.2 Å². The molecule has 0 aromatic rings. The molecule has 2 N–H and O–H groups in total. The van der Waals surface area contributed by atoms with Crippen LogP contribution in [0.1, 0.15) is 219 Å². The number of nitrogens with one attached hydrogen (secondary N) is 1. The summed E-state index contributed by atoms with van der Waals surface area (Å²) >= 11 is 0. The average molecular weight is 813 g/mol. The second-order valence-corrected chi connectivity index (χ2v) is 18.9. The molecule has 1 amide bonds. The molecular weight excluding hydrogens is 719 g/mol. The van der Waals surface area contributed by atoms with Crippen LogP contribution in [0.5, 0.6) is 0 Å². The third kappa shape index (κ3) is 41.2. The highest BCUT2D eigenvalue weighted by Crippen LogP contribution is 2.38. The second-order valence-electron chi connectivity index (χ2n) is 17.5. The standard InChI is InChI=1S/C47H93N2O6P/c1-6-8-10-12-14-15-16-17-18-19-20-21-22-23-24-25-26-27-28-29-30-31-32-33-35-37-39-41-47(51)48-45(46(50)40-38-36-34-13-11-9-7-2)44-55-56(52,53)54-43-42-49(3,4)5/h19-20,38,40,45-46,50H,6-18,21-37,39,41-44H2,1-5H3,(H-,48,51,52,53)/b20-19-,40-38+. The predicted octanol–water partition coefficient (Wildman–Crippen LogP) is 12.7. The number of phosphoric acid groups is 1. The van der Waals surface area contributed by atoms with Gasteiger partial charge in [0.1, 0.15) is 13.2 Å². The van der Waals surface area contributed by atoms with Gasteiger partial charge in [0.2, 0.25) is 5.91 Å². The van der Waals surface area contributed by atoms with Crippen LogP contribution in [-0.2, 0) is 18.4 Å². The smallest absolute Gasteiger partial charge is 0.268 e. The molecule has 3 unspecified atom stereocenters. The molecule has 0 aromatic carbocycles. The topological polar surface area (TPSA) is 108 Å². The lowest BCUT2D eigenvalue weighted by molar-refractivity contribution is -0.870. The maximum Gasteiger partial charge on any atom is 0.268 e. The Morgan fingerprint density at radius 1 is 0.607 bits per heavy atom. The number of hydrogen-bond donors (Lipinski definition) is 2. The fourth-order valence-electron chi connectivity index (χ4n) is 6.85. The number of aliphatic hydroxyl groups is 1. The number of aliphatic hydroxyl groups excluding tert-OH is 1. The molecule has 0 saturated heterocycles. The minimum absolute atomic E-state index is 0.0000138. The molecule has 56 heavy (non-hydrogen) atoms. The van der Waals surface area contributed by atoms with Crippen molar-refractivity contribution in [2.24, 2.45) is 0 Å². The number of quaternary nitrogens is 1. The number of carbonyl (C=O) groups is 1. The van der Waals surface area contributed by atoms with Gasteiger partial charge in [0.25, 0.3) is 7.82 Å². The zero-order valence-corrected chi connectivity index (χ0v) is 38.5. The van der Waals surface area contributed by atoms with Crippen molar-refractivity contribution in [3.05, 3.63) is 24.3 Å². The SMILES string of the molecule is CCCCCCC/C=C/C(O)C(COP(=O)([O-])OCC[N+](C)(C)C)NC(=O)CCCCCCCCCCCCCCCCC/C=C\CCCCCCCCCC. The molecular formula is C47H93N2O6P. The number of likely N-dealkylation sites (N-methyl/N-ethyl adjacent to an activating group) is 1. The molecule has 0 aliphatic carbocycles. The lowest BCUT2D eigenvalue weighted by atomic mass is 10.0. The molecule has 0 radical (unpaired) electrons. The van der Waals surface area contributed by atoms with Crippen LogP contribution in [-0.4, -0.2) is 68.5 Å². The molecule has 0 saturated carbocycles. The van der Waals surface area contributed by atoms with Crippen molar-refractivity contribution in [1.29, 1.82) is 0 Å². The lowest BCUT2D eigenvalue weighted by Gasteiger charge is -2.29. The third-order valence-electron chi connectivity index (χ3n) is 10.7. The van der Waals surface area contributed by atoms with Crippen molar-refractivity contribution in [1.82, 2.24) is 5.32 Å². The number of allylic oxidation sites excluding steroid dienone is 3. The molecule has 8 nitrogen and oxygen atoms in total. The summed E-state index contributed by atoms with van der Waals surface area (Å²) in [7, 11) is 1.26. The molecule has 332 valence electrons. The van der Waals surface area contributed by atoms with Gasteiger partial charge in [0, 0.05) is 6.42 Å². The third-order valence-corrected chi connectivity index (χ3v) is 11.6. The summed E-state index contributed by atoms with van der Waals surface area (Å²) in [5.74, 6) is -0.200. The maximum atomic E-state index is 12.8. The summed E-state index contributed by atoms with van der Waals surface area (Å²) in [6.45, 7) is 4.59. The van der Waals surface area contributed by atoms with E-state index in [9.17, 15) is 19.4 Å². The van der Waals surface area contributed by atoms with E-state index in [1.807, 2.05) is 27.2 Å². The molecule has 0 heterocycles. The van der Waals surface area contributed by atoms with E-state index in [0.29, 0.717) is 17.4 Å². The highest BCUT2D eigenvalue weighted by atomic mass is 31.2. The van der Waals surface area contributed by atoms with Crippen molar-refractivity contribution in [2.45, 2.75) is 231 Å². The van der Waals surface area contributed by atoms with E-state index in [-0.39, 0.29) is 19.1 Å². The number of nitrogens with zero attached hydrogens (tertiary/aromatic N) is 1. The van der Waals surface area contributed by atoms with Gasteiger partial charge in [-0.05, 0) is 44.9 Å². The number of amides is 1. The first-order valence-corrected chi connectivity index (χ1v) is 25.2. The zero-order valence-electron chi connectivity index (χ0n) is 37.6. The Balaban J connectivity index is 4.00. The van der Waals surface area contributed by atoms with E-state index < -0.39 is 20.0 Å². The Bertz CT molecular complexity index is 969. The number of rotatable bonds is 43. The first kappa shape index (κ1) is 55.0. The van der Waals surface area contributed by atoms with Crippen molar-refractivity contribution >= 4 is 13.7 Å². The van der Waals surface area contributed by atoms with Crippen molar-refractivity contribution in [3.63, 3.8) is 0 Å². The number of carbonyl (C=O) groups excluding carboxylic acids is 1. The van der Waals surface area contributed by atoms with Gasteiger partial charge in [-0.15, -0.1) is 0 Å². The molecule has 0 aliphatic heterocycles. The van der Waals surface area contributed by atoms with Gasteiger partial charge >= 0.3 is 0 Å². The van der Waals surface area contributed by atoms with Gasteiger partial charge in [-0.3, -0.25) is 9.36 Å². The van der Waals surface area contributed by atoms with Gasteiger partial charge in [-0.2, -0.15) is 0 Å². The molecule has 0 fully saturated rings. The summed E-state index contributed by atoms with van der Waals surface area (Å²) in [5, 5.41) is 13.7. The minimum Gasteiger partial charge on any atom is -0.756 e. The number of phosphoric ester groups is 1. The van der Waals surface area contributed by atoms with E-state index in [1.54, 1.807) is 6.08 Å². The summed E-state index contributed by atoms with van der Waals surface area (Å²) in [5.41, 5.74) is 0. The Kier molecular flexibility index (Phi) is 38.7. The van der Waals surface area contributed by atoms with Gasteiger partial charge < -0.3 is 28.8 Å². The monoisotopic (exact) mass is 813 g/mol. The van der Waals surface area contributed by atoms with Crippen molar-refractivity contribution in [3.8, 4) is 0 Å². The highest BCUT2D eigenvalue weighted by Gasteiger charge is 2.23. The van der Waals surface area contributed by atoms with Crippen LogP contribution in [0.15, 0.2) is 24.3 Å². The summed E-state index contributed by atoms with van der Waals surface area (Å²) in [6.07, 6.45) is 47.0. The van der Waals surface area contributed by atoms with Crippen molar-refractivity contribution < 1.29 is 32.9 Å². The normalized spacial score (nSPS) is 14.5. The lowest BCUT2D eigenvalue weighted by Crippen LogP contribution is -2.45. The average Bonchev–Trinajstić information content (AvgIpc) is 3.15. The van der Waals surface area contributed by atoms with Crippen LogP contribution in [0.25, 0.3) is 0 Å². The van der Waals surface area contributed by atoms with E-state index in [0.717, 1.165) is 38.5 Å². The molecule has 9 heteroatoms. The molecule has 0 bridgehead atoms. The van der Waals surface area contributed by atoms with Crippen LogP contribution in [0.3, 0.4) is 0 Å². The molecule has 0 aromatic heterocycles. The fraction of sp³-hybridized carbons (Fsp3) is 0.894. The Morgan fingerprint density at radius 2 is 0.982 bits per heavy atom. The Hall–Kier alpha value is -1.02. The highest BCUT2D eigenvalue weighted by molar-refractivity contribution is 7.45. The van der Waals surface area contributed by atoms with Crippen LogP contribution >= 0.6 is 7.82 Å². The van der Waals surface area contributed by atoms with Gasteiger partial charge in [0.05, 0.1) is 39.9 Å². The predicted molar refractivity (Wildman–Crippen MR) is 238 cm³/mol. The molecule has 3 atom stereocenters. The Morgan fingerprint density at radius 3 is 1.39 bits per heavy atom. The fourth-order valence-corrected chi connectivity index (χ4v) is 7.58. The number of unbranched alkanes of at least 4 members (excludes halogenated alkanes) is 28. The minimum atomic E-state index is -4.57. The van der Waals surface area contributed by atoms with Crippen LogP contribution in [0.2, 0.25) is 0 Å². The maximum absolute atomic E-state index is 12.8. The van der Waals surface area contributed by atoms with Crippen molar-refractivity contribution in [2.75, 3.05) is 40.9 Å².